The highest BCUT2D eigenvalue weighted by atomic mass is 16.4. The van der Waals surface area contributed by atoms with Crippen LogP contribution in [0.25, 0.3) is 0 Å². The van der Waals surface area contributed by atoms with E-state index in [-0.39, 0.29) is 12.2 Å². The summed E-state index contributed by atoms with van der Waals surface area (Å²) >= 11 is 0. The Labute approximate surface area is 80.5 Å². The van der Waals surface area contributed by atoms with Gasteiger partial charge in [-0.2, -0.15) is 5.10 Å². The van der Waals surface area contributed by atoms with Crippen molar-refractivity contribution in [1.29, 1.82) is 0 Å². The van der Waals surface area contributed by atoms with E-state index in [1.807, 2.05) is 0 Å². The molecule has 1 heterocycles. The van der Waals surface area contributed by atoms with Crippen molar-refractivity contribution in [1.82, 2.24) is 15.1 Å². The molecule has 1 aromatic rings. The topological polar surface area (TPSA) is 86.3 Å². The molecule has 6 nitrogen and oxygen atoms in total. The first-order valence-corrected chi connectivity index (χ1v) is 4.00. The van der Waals surface area contributed by atoms with Gasteiger partial charge in [0.15, 0.2) is 0 Å². The first-order valence-electron chi connectivity index (χ1n) is 4.00. The maximum atomic E-state index is 11.5. The van der Waals surface area contributed by atoms with Crippen molar-refractivity contribution in [2.75, 3.05) is 13.6 Å². The standard InChI is InChI=1S/C8H11N3O3/c1-5-3-6(10-9-5)8(14)11(2)4-7(12)13/h3H,4H2,1-2H3,(H,9,10)(H,12,13). The van der Waals surface area contributed by atoms with Crippen LogP contribution >= 0.6 is 0 Å². The Balaban J connectivity index is 2.70. The molecule has 2 N–H and O–H groups in total. The van der Waals surface area contributed by atoms with E-state index >= 15 is 0 Å². The molecule has 14 heavy (non-hydrogen) atoms. The average Bonchev–Trinajstić information content (AvgIpc) is 2.49. The summed E-state index contributed by atoms with van der Waals surface area (Å²) in [5.74, 6) is -1.45. The predicted molar refractivity (Wildman–Crippen MR) is 47.9 cm³/mol. The van der Waals surface area contributed by atoms with Gasteiger partial charge in [-0.05, 0) is 13.0 Å². The van der Waals surface area contributed by atoms with Crippen molar-refractivity contribution in [3.05, 3.63) is 17.5 Å². The zero-order valence-electron chi connectivity index (χ0n) is 7.94. The minimum Gasteiger partial charge on any atom is -0.480 e. The SMILES string of the molecule is Cc1cc(C(=O)N(C)CC(=O)O)n[nH]1. The lowest BCUT2D eigenvalue weighted by molar-refractivity contribution is -0.137. The number of rotatable bonds is 3. The fraction of sp³-hybridized carbons (Fsp3) is 0.375. The van der Waals surface area contributed by atoms with E-state index in [1.54, 1.807) is 13.0 Å². The molecular weight excluding hydrogens is 186 g/mol. The van der Waals surface area contributed by atoms with E-state index in [0.29, 0.717) is 0 Å². The van der Waals surface area contributed by atoms with Gasteiger partial charge in [-0.1, -0.05) is 0 Å². The molecule has 0 aliphatic rings. The van der Waals surface area contributed by atoms with Crippen molar-refractivity contribution in [2.45, 2.75) is 6.92 Å². The van der Waals surface area contributed by atoms with Gasteiger partial charge in [0.05, 0.1) is 0 Å². The molecule has 76 valence electrons. The molecule has 0 radical (unpaired) electrons. The minimum absolute atomic E-state index is 0.228. The Morgan fingerprint density at radius 3 is 2.71 bits per heavy atom. The molecule has 1 rings (SSSR count). The minimum atomic E-state index is -1.05. The first-order chi connectivity index (χ1) is 6.50. The molecule has 0 fully saturated rings. The number of likely N-dealkylation sites (N-methyl/N-ethyl adjacent to an activating group) is 1. The molecule has 1 amide bonds. The Kier molecular flexibility index (Phi) is 2.85. The van der Waals surface area contributed by atoms with Gasteiger partial charge < -0.3 is 10.0 Å². The van der Waals surface area contributed by atoms with Crippen LogP contribution in [-0.2, 0) is 4.79 Å². The fourth-order valence-electron chi connectivity index (χ4n) is 0.998. The molecule has 0 unspecified atom stereocenters. The number of nitrogens with zero attached hydrogens (tertiary/aromatic N) is 2. The van der Waals surface area contributed by atoms with Crippen LogP contribution in [0.15, 0.2) is 6.07 Å². The van der Waals surface area contributed by atoms with Crippen molar-refractivity contribution < 1.29 is 14.7 Å². The van der Waals surface area contributed by atoms with Crippen molar-refractivity contribution in [3.63, 3.8) is 0 Å². The van der Waals surface area contributed by atoms with Gasteiger partial charge in [0, 0.05) is 12.7 Å². The normalized spacial score (nSPS) is 9.86. The van der Waals surface area contributed by atoms with Crippen LogP contribution in [0.1, 0.15) is 16.2 Å². The Bertz CT molecular complexity index is 358. The van der Waals surface area contributed by atoms with Crippen molar-refractivity contribution in [3.8, 4) is 0 Å². The van der Waals surface area contributed by atoms with Crippen molar-refractivity contribution in [2.24, 2.45) is 0 Å². The van der Waals surface area contributed by atoms with Crippen LogP contribution in [0.5, 0.6) is 0 Å². The number of aromatic amines is 1. The summed E-state index contributed by atoms with van der Waals surface area (Å²) in [4.78, 5) is 22.9. The maximum Gasteiger partial charge on any atom is 0.323 e. The zero-order chi connectivity index (χ0) is 10.7. The van der Waals surface area contributed by atoms with Gasteiger partial charge in [-0.25, -0.2) is 0 Å². The summed E-state index contributed by atoms with van der Waals surface area (Å²) < 4.78 is 0. The summed E-state index contributed by atoms with van der Waals surface area (Å²) in [6.07, 6.45) is 0. The van der Waals surface area contributed by atoms with Crippen LogP contribution < -0.4 is 0 Å². The molecule has 0 atom stereocenters. The second-order valence-electron chi connectivity index (χ2n) is 2.99. The third-order valence-corrected chi connectivity index (χ3v) is 1.64. The number of amides is 1. The van der Waals surface area contributed by atoms with Crippen molar-refractivity contribution >= 4 is 11.9 Å². The fourth-order valence-corrected chi connectivity index (χ4v) is 0.998. The molecule has 0 aliphatic heterocycles. The summed E-state index contributed by atoms with van der Waals surface area (Å²) in [5.41, 5.74) is 0.989. The third kappa shape index (κ3) is 2.32. The lowest BCUT2D eigenvalue weighted by atomic mass is 10.3. The Morgan fingerprint density at radius 1 is 1.64 bits per heavy atom. The molecule has 1 aromatic heterocycles. The van der Waals surface area contributed by atoms with Crippen LogP contribution in [0, 0.1) is 6.92 Å². The predicted octanol–water partition coefficient (Wildman–Crippen LogP) is -0.125. The summed E-state index contributed by atoms with van der Waals surface area (Å²) in [7, 11) is 1.42. The summed E-state index contributed by atoms with van der Waals surface area (Å²) in [6.45, 7) is 1.44. The largest absolute Gasteiger partial charge is 0.480 e. The number of aromatic nitrogens is 2. The number of H-pyrrole nitrogens is 1. The van der Waals surface area contributed by atoms with E-state index in [9.17, 15) is 9.59 Å². The highest BCUT2D eigenvalue weighted by Gasteiger charge is 2.16. The van der Waals surface area contributed by atoms with E-state index in [0.717, 1.165) is 10.6 Å². The van der Waals surface area contributed by atoms with E-state index in [1.165, 1.54) is 7.05 Å². The zero-order valence-corrected chi connectivity index (χ0v) is 7.94. The molecule has 0 aliphatic carbocycles. The van der Waals surface area contributed by atoms with Crippen LogP contribution in [0.2, 0.25) is 0 Å². The number of hydrogen-bond donors (Lipinski definition) is 2. The Morgan fingerprint density at radius 2 is 2.29 bits per heavy atom. The van der Waals surface area contributed by atoms with Gasteiger partial charge in [0.2, 0.25) is 0 Å². The Hall–Kier alpha value is -1.85. The second-order valence-corrected chi connectivity index (χ2v) is 2.99. The molecule has 0 saturated carbocycles. The van der Waals surface area contributed by atoms with E-state index in [2.05, 4.69) is 10.2 Å². The lowest BCUT2D eigenvalue weighted by Crippen LogP contribution is -2.32. The number of aliphatic carboxylic acids is 1. The van der Waals surface area contributed by atoms with Crippen LogP contribution in [0.3, 0.4) is 0 Å². The molecule has 0 spiro atoms. The van der Waals surface area contributed by atoms with E-state index < -0.39 is 11.9 Å². The lowest BCUT2D eigenvalue weighted by Gasteiger charge is -2.11. The highest BCUT2D eigenvalue weighted by Crippen LogP contribution is 2.01. The van der Waals surface area contributed by atoms with Gasteiger partial charge >= 0.3 is 5.97 Å². The second kappa shape index (κ2) is 3.91. The quantitative estimate of drug-likeness (QED) is 0.707. The van der Waals surface area contributed by atoms with Gasteiger partial charge in [0.1, 0.15) is 12.2 Å². The highest BCUT2D eigenvalue weighted by molar-refractivity contribution is 5.93. The molecule has 0 aromatic carbocycles. The molecule has 0 bridgehead atoms. The van der Waals surface area contributed by atoms with Gasteiger partial charge in [-0.15, -0.1) is 0 Å². The van der Waals surface area contributed by atoms with Gasteiger partial charge in [0.25, 0.3) is 5.91 Å². The number of carboxylic acid groups (broad SMARTS) is 1. The molecule has 0 saturated heterocycles. The number of hydrogen-bond acceptors (Lipinski definition) is 3. The number of carboxylic acids is 1. The van der Waals surface area contributed by atoms with Crippen LogP contribution in [0.4, 0.5) is 0 Å². The smallest absolute Gasteiger partial charge is 0.323 e. The third-order valence-electron chi connectivity index (χ3n) is 1.64. The molecule has 6 heteroatoms. The number of aryl methyl sites for hydroxylation is 1. The molecular formula is C8H11N3O3. The number of carbonyl (C=O) groups is 2. The first kappa shape index (κ1) is 10.2. The maximum absolute atomic E-state index is 11.5. The monoisotopic (exact) mass is 197 g/mol. The number of carbonyl (C=O) groups excluding carboxylic acids is 1. The van der Waals surface area contributed by atoms with Gasteiger partial charge in [-0.3, -0.25) is 14.7 Å². The average molecular weight is 197 g/mol. The van der Waals surface area contributed by atoms with Crippen LogP contribution in [-0.4, -0.2) is 45.7 Å². The summed E-state index contributed by atoms with van der Waals surface area (Å²) in [5, 5.41) is 14.8. The summed E-state index contributed by atoms with van der Waals surface area (Å²) in [6, 6.07) is 1.57. The number of nitrogens with one attached hydrogen (secondary N) is 1. The van der Waals surface area contributed by atoms with E-state index in [4.69, 9.17) is 5.11 Å².